The summed E-state index contributed by atoms with van der Waals surface area (Å²) in [5, 5.41) is 0. The molecule has 4 rings (SSSR count). The fourth-order valence-electron chi connectivity index (χ4n) is 3.68. The van der Waals surface area contributed by atoms with Crippen LogP contribution in [0.4, 0.5) is 17.1 Å². The molecule has 1 atom stereocenters. The van der Waals surface area contributed by atoms with Crippen LogP contribution in [0.1, 0.15) is 16.7 Å². The van der Waals surface area contributed by atoms with Crippen molar-refractivity contribution in [3.05, 3.63) is 89.5 Å². The first-order chi connectivity index (χ1) is 12.0. The number of benzene rings is 3. The maximum Gasteiger partial charge on any atom is 0.123 e. The first-order valence-electron chi connectivity index (χ1n) is 8.43. The molecule has 0 saturated carbocycles. The summed E-state index contributed by atoms with van der Waals surface area (Å²) in [7, 11) is 6.23. The fraction of sp³-hybridized carbons (Fsp3) is 0.182. The highest BCUT2D eigenvalue weighted by Crippen LogP contribution is 2.54. The van der Waals surface area contributed by atoms with Crippen molar-refractivity contribution in [2.45, 2.75) is 4.87 Å². The predicted octanol–water partition coefficient (Wildman–Crippen LogP) is 5.36. The maximum atomic E-state index is 7.42. The van der Waals surface area contributed by atoms with Crippen molar-refractivity contribution in [2.75, 3.05) is 30.9 Å². The molecule has 126 valence electrons. The highest BCUT2D eigenvalue weighted by molar-refractivity contribution is 6.29. The maximum absolute atomic E-state index is 7.42. The van der Waals surface area contributed by atoms with Crippen LogP contribution in [0.5, 0.6) is 0 Å². The third kappa shape index (κ3) is 2.32. The van der Waals surface area contributed by atoms with Gasteiger partial charge < -0.3 is 9.80 Å². The average Bonchev–Trinajstić information content (AvgIpc) is 2.66. The van der Waals surface area contributed by atoms with Crippen molar-refractivity contribution in [3.8, 4) is 0 Å². The van der Waals surface area contributed by atoms with Gasteiger partial charge in [0, 0.05) is 49.3 Å². The van der Waals surface area contributed by atoms with Crippen LogP contribution >= 0.6 is 11.6 Å². The second kappa shape index (κ2) is 5.82. The summed E-state index contributed by atoms with van der Waals surface area (Å²) in [5.41, 5.74) is 6.78. The number of nitrogens with zero attached hydrogens (tertiary/aromatic N) is 2. The molecule has 1 unspecified atom stereocenters. The zero-order valence-electron chi connectivity index (χ0n) is 14.7. The van der Waals surface area contributed by atoms with Gasteiger partial charge in [0.1, 0.15) is 4.87 Å². The van der Waals surface area contributed by atoms with E-state index in [1.165, 1.54) is 0 Å². The normalized spacial score (nSPS) is 18.5. The van der Waals surface area contributed by atoms with E-state index < -0.39 is 4.87 Å². The Morgan fingerprint density at radius 2 is 1.44 bits per heavy atom. The van der Waals surface area contributed by atoms with Crippen molar-refractivity contribution < 1.29 is 0 Å². The molecule has 1 heterocycles. The summed E-state index contributed by atoms with van der Waals surface area (Å²) in [6, 6.07) is 25.3. The molecule has 0 radical (unpaired) electrons. The van der Waals surface area contributed by atoms with E-state index in [1.54, 1.807) is 0 Å². The molecule has 1 aliphatic heterocycles. The Balaban J connectivity index is 2.05. The number of fused-ring (bicyclic) bond motifs is 2. The number of alkyl halides is 1. The lowest BCUT2D eigenvalue weighted by Gasteiger charge is -2.41. The Hall–Kier alpha value is -2.45. The Kier molecular flexibility index (Phi) is 3.73. The standard InChI is InChI=1S/C22H21ClN2/c1-24(2)17-13-14-19-21(15-17)25(3)20-12-8-7-11-18(20)22(19,23)16-9-5-4-6-10-16/h4-15H,1-3H3. The quantitative estimate of drug-likeness (QED) is 0.575. The lowest BCUT2D eigenvalue weighted by Crippen LogP contribution is -2.32. The van der Waals surface area contributed by atoms with Crippen molar-refractivity contribution in [3.63, 3.8) is 0 Å². The Bertz CT molecular complexity index is 920. The van der Waals surface area contributed by atoms with Crippen molar-refractivity contribution in [2.24, 2.45) is 0 Å². The van der Waals surface area contributed by atoms with Crippen LogP contribution < -0.4 is 9.80 Å². The molecular weight excluding hydrogens is 328 g/mol. The van der Waals surface area contributed by atoms with Crippen molar-refractivity contribution in [1.29, 1.82) is 0 Å². The number of hydrogen-bond donors (Lipinski definition) is 0. The minimum atomic E-state index is -0.690. The van der Waals surface area contributed by atoms with E-state index in [1.807, 2.05) is 18.2 Å². The molecule has 0 aromatic heterocycles. The van der Waals surface area contributed by atoms with E-state index in [0.29, 0.717) is 0 Å². The van der Waals surface area contributed by atoms with Crippen molar-refractivity contribution >= 4 is 28.7 Å². The van der Waals surface area contributed by atoms with Gasteiger partial charge in [-0.1, -0.05) is 54.6 Å². The number of anilines is 3. The predicted molar refractivity (Wildman–Crippen MR) is 107 cm³/mol. The molecule has 0 N–H and O–H groups in total. The van der Waals surface area contributed by atoms with Crippen LogP contribution in [0, 0.1) is 0 Å². The summed E-state index contributed by atoms with van der Waals surface area (Å²) >= 11 is 7.42. The molecule has 1 aliphatic rings. The van der Waals surface area contributed by atoms with Gasteiger partial charge in [0.25, 0.3) is 0 Å². The second-order valence-electron chi connectivity index (χ2n) is 6.70. The van der Waals surface area contributed by atoms with Crippen molar-refractivity contribution in [1.82, 2.24) is 0 Å². The topological polar surface area (TPSA) is 6.48 Å². The first-order valence-corrected chi connectivity index (χ1v) is 8.81. The number of para-hydroxylation sites is 1. The third-order valence-corrected chi connectivity index (χ3v) is 5.66. The first kappa shape index (κ1) is 16.0. The smallest absolute Gasteiger partial charge is 0.123 e. The van der Waals surface area contributed by atoms with Crippen LogP contribution in [0.2, 0.25) is 0 Å². The third-order valence-electron chi connectivity index (χ3n) is 5.04. The van der Waals surface area contributed by atoms with E-state index in [0.717, 1.165) is 33.8 Å². The molecule has 3 aromatic carbocycles. The lowest BCUT2D eigenvalue weighted by molar-refractivity contribution is 0.845. The van der Waals surface area contributed by atoms with Gasteiger partial charge in [-0.05, 0) is 23.8 Å². The number of rotatable bonds is 2. The molecule has 25 heavy (non-hydrogen) atoms. The van der Waals surface area contributed by atoms with E-state index in [4.69, 9.17) is 11.6 Å². The summed E-state index contributed by atoms with van der Waals surface area (Å²) in [5.74, 6) is 0. The molecule has 0 bridgehead atoms. The highest BCUT2D eigenvalue weighted by atomic mass is 35.5. The van der Waals surface area contributed by atoms with E-state index in [-0.39, 0.29) is 0 Å². The summed E-state index contributed by atoms with van der Waals surface area (Å²) in [6.45, 7) is 0. The molecule has 0 spiro atoms. The lowest BCUT2D eigenvalue weighted by atomic mass is 9.79. The number of hydrogen-bond acceptors (Lipinski definition) is 2. The second-order valence-corrected chi connectivity index (χ2v) is 7.26. The molecular formula is C22H21ClN2. The summed E-state index contributed by atoms with van der Waals surface area (Å²) in [4.78, 5) is 3.67. The van der Waals surface area contributed by atoms with Gasteiger partial charge in [0.2, 0.25) is 0 Å². The summed E-state index contributed by atoms with van der Waals surface area (Å²) < 4.78 is 0. The van der Waals surface area contributed by atoms with E-state index >= 15 is 0 Å². The monoisotopic (exact) mass is 348 g/mol. The van der Waals surface area contributed by atoms with Crippen LogP contribution in [-0.4, -0.2) is 21.1 Å². The molecule has 2 nitrogen and oxygen atoms in total. The molecule has 0 fully saturated rings. The van der Waals surface area contributed by atoms with Gasteiger partial charge >= 0.3 is 0 Å². The molecule has 0 aliphatic carbocycles. The van der Waals surface area contributed by atoms with Gasteiger partial charge in [-0.25, -0.2) is 0 Å². The van der Waals surface area contributed by atoms with Gasteiger partial charge in [0.05, 0.1) is 0 Å². The minimum absolute atomic E-state index is 0.690. The van der Waals surface area contributed by atoms with Gasteiger partial charge in [-0.3, -0.25) is 0 Å². The summed E-state index contributed by atoms with van der Waals surface area (Å²) in [6.07, 6.45) is 0. The van der Waals surface area contributed by atoms with Crippen LogP contribution in [0.3, 0.4) is 0 Å². The van der Waals surface area contributed by atoms with Gasteiger partial charge in [0.15, 0.2) is 0 Å². The molecule has 0 saturated heterocycles. The molecule has 0 amide bonds. The molecule has 3 heteroatoms. The SMILES string of the molecule is CN(C)c1ccc2c(c1)N(C)c1ccccc1C2(Cl)c1ccccc1. The largest absolute Gasteiger partial charge is 0.378 e. The van der Waals surface area contributed by atoms with Crippen LogP contribution in [0.15, 0.2) is 72.8 Å². The van der Waals surface area contributed by atoms with E-state index in [2.05, 4.69) is 85.5 Å². The average molecular weight is 349 g/mol. The van der Waals surface area contributed by atoms with Crippen LogP contribution in [0.25, 0.3) is 0 Å². The Morgan fingerprint density at radius 3 is 2.16 bits per heavy atom. The fourth-order valence-corrected chi connectivity index (χ4v) is 4.12. The van der Waals surface area contributed by atoms with Gasteiger partial charge in [-0.2, -0.15) is 0 Å². The zero-order chi connectivity index (χ0) is 17.6. The minimum Gasteiger partial charge on any atom is -0.378 e. The number of halogens is 1. The molecule has 3 aromatic rings. The highest BCUT2D eigenvalue weighted by Gasteiger charge is 2.42. The Labute approximate surface area is 154 Å². The van der Waals surface area contributed by atoms with E-state index in [9.17, 15) is 0 Å². The van der Waals surface area contributed by atoms with Crippen LogP contribution in [-0.2, 0) is 4.87 Å². The zero-order valence-corrected chi connectivity index (χ0v) is 15.5. The van der Waals surface area contributed by atoms with Gasteiger partial charge in [-0.15, -0.1) is 11.6 Å². The Morgan fingerprint density at radius 1 is 0.800 bits per heavy atom.